The number of halogens is 1. The van der Waals surface area contributed by atoms with Gasteiger partial charge in [0.25, 0.3) is 5.91 Å². The molecule has 0 aliphatic rings. The van der Waals surface area contributed by atoms with Crippen LogP contribution < -0.4 is 22.7 Å². The third kappa shape index (κ3) is 49.4. The summed E-state index contributed by atoms with van der Waals surface area (Å²) in [5.41, 5.74) is 6.05. The number of nitrogens with two attached hydrogens (primary N) is 1. The van der Waals surface area contributed by atoms with E-state index in [0.717, 1.165) is 6.16 Å². The van der Waals surface area contributed by atoms with Crippen LogP contribution in [0.4, 0.5) is 0 Å². The number of hydrogen-bond donors (Lipinski definition) is 1. The lowest BCUT2D eigenvalue weighted by molar-refractivity contribution is -0.115. The maximum absolute atomic E-state index is 12.6. The minimum atomic E-state index is -1.29. The van der Waals surface area contributed by atoms with E-state index in [-0.39, 0.29) is 22.9 Å². The number of hydrogen-bond acceptors (Lipinski definition) is 1. The Kier molecular flexibility index (Phi) is 55.9. The van der Waals surface area contributed by atoms with Crippen LogP contribution in [0.15, 0.2) is 0 Å². The van der Waals surface area contributed by atoms with Crippen LogP contribution in [0.1, 0.15) is 329 Å². The Morgan fingerprint density at radius 1 is 0.267 bits per heavy atom. The number of primary amides is 1. The molecule has 0 bridgehead atoms. The predicted octanol–water partition coefficient (Wildman–Crippen LogP) is 17.3. The van der Waals surface area contributed by atoms with Gasteiger partial charge in [-0.2, -0.15) is 0 Å². The average Bonchev–Trinajstić information content (AvgIpc) is 3.23. The zero-order valence-electron chi connectivity index (χ0n) is 42.1. The highest BCUT2D eigenvalue weighted by Crippen LogP contribution is 2.60. The first-order chi connectivity index (χ1) is 29.1. The first kappa shape index (κ1) is 62.5. The molecule has 0 radical (unpaired) electrons. The smallest absolute Gasteiger partial charge is 0.254 e. The van der Waals surface area contributed by atoms with Crippen LogP contribution in [0.3, 0.4) is 0 Å². The lowest BCUT2D eigenvalue weighted by Gasteiger charge is -2.27. The SMILES string of the molecule is CCCCCCCCCCCCCCCCCC[P+](CCCCCCCCCCCCCCCCCC)(CCCCCCCCCCCCCCCCCC)CC(N)=O.[Br-]. The van der Waals surface area contributed by atoms with Crippen molar-refractivity contribution in [2.45, 2.75) is 329 Å². The Morgan fingerprint density at radius 2 is 0.400 bits per heavy atom. The second kappa shape index (κ2) is 53.7. The van der Waals surface area contributed by atoms with Gasteiger partial charge in [-0.05, 0) is 38.5 Å². The molecule has 1 amide bonds. The summed E-state index contributed by atoms with van der Waals surface area (Å²) in [6.45, 7) is 6.93. The molecular formula is C56H115BrNOP. The average molecular weight is 929 g/mol. The van der Waals surface area contributed by atoms with Crippen molar-refractivity contribution in [1.29, 1.82) is 0 Å². The second-order valence-corrected chi connectivity index (χ2v) is 24.4. The van der Waals surface area contributed by atoms with Crippen molar-refractivity contribution in [3.63, 3.8) is 0 Å². The monoisotopic (exact) mass is 928 g/mol. The molecule has 0 saturated heterocycles. The van der Waals surface area contributed by atoms with Gasteiger partial charge in [-0.15, -0.1) is 0 Å². The third-order valence-electron chi connectivity index (χ3n) is 13.9. The Labute approximate surface area is 392 Å². The van der Waals surface area contributed by atoms with Gasteiger partial charge in [0.05, 0.1) is 18.5 Å². The zero-order chi connectivity index (χ0) is 42.8. The van der Waals surface area contributed by atoms with E-state index in [9.17, 15) is 4.79 Å². The molecule has 0 unspecified atom stereocenters. The van der Waals surface area contributed by atoms with Crippen LogP contribution in [0.25, 0.3) is 0 Å². The summed E-state index contributed by atoms with van der Waals surface area (Å²) in [4.78, 5) is 12.6. The Balaban J connectivity index is 0. The Bertz CT molecular complexity index is 703. The van der Waals surface area contributed by atoms with Crippen molar-refractivity contribution in [2.75, 3.05) is 24.6 Å². The van der Waals surface area contributed by atoms with E-state index in [4.69, 9.17) is 5.73 Å². The molecule has 362 valence electrons. The van der Waals surface area contributed by atoms with Gasteiger partial charge in [-0.25, -0.2) is 0 Å². The van der Waals surface area contributed by atoms with Gasteiger partial charge in [-0.3, -0.25) is 4.79 Å². The largest absolute Gasteiger partial charge is 1.00 e. The van der Waals surface area contributed by atoms with Gasteiger partial charge in [0.2, 0.25) is 0 Å². The summed E-state index contributed by atoms with van der Waals surface area (Å²) in [6.07, 6.45) is 73.2. The van der Waals surface area contributed by atoms with Gasteiger partial charge in [0.1, 0.15) is 6.16 Å². The van der Waals surface area contributed by atoms with Crippen molar-refractivity contribution in [1.82, 2.24) is 0 Å². The van der Waals surface area contributed by atoms with Crippen LogP contribution >= 0.6 is 7.26 Å². The molecule has 4 heteroatoms. The number of carbonyl (C=O) groups excluding carboxylic acids is 1. The van der Waals surface area contributed by atoms with Crippen molar-refractivity contribution >= 4 is 13.2 Å². The van der Waals surface area contributed by atoms with Crippen LogP contribution in [-0.2, 0) is 4.79 Å². The fourth-order valence-corrected chi connectivity index (χ4v) is 14.4. The highest BCUT2D eigenvalue weighted by atomic mass is 79.9. The van der Waals surface area contributed by atoms with E-state index in [1.54, 1.807) is 0 Å². The quantitative estimate of drug-likeness (QED) is 0.0479. The molecule has 0 atom stereocenters. The highest BCUT2D eigenvalue weighted by Gasteiger charge is 2.37. The van der Waals surface area contributed by atoms with E-state index < -0.39 is 7.26 Å². The molecule has 0 spiro atoms. The minimum absolute atomic E-state index is 0. The Hall–Kier alpha value is 0.380. The fraction of sp³-hybridized carbons (Fsp3) is 0.982. The number of amides is 1. The maximum Gasteiger partial charge on any atom is 0.254 e. The van der Waals surface area contributed by atoms with E-state index in [1.165, 1.54) is 327 Å². The number of carbonyl (C=O) groups is 1. The molecule has 0 aliphatic carbocycles. The molecule has 0 aromatic carbocycles. The minimum Gasteiger partial charge on any atom is -1.00 e. The number of unbranched alkanes of at least 4 members (excludes halogenated alkanes) is 45. The Morgan fingerprint density at radius 3 is 0.533 bits per heavy atom. The van der Waals surface area contributed by atoms with E-state index in [1.807, 2.05) is 0 Å². The molecule has 0 saturated carbocycles. The van der Waals surface area contributed by atoms with Gasteiger partial charge in [-0.1, -0.05) is 290 Å². The van der Waals surface area contributed by atoms with Crippen LogP contribution in [-0.4, -0.2) is 30.6 Å². The van der Waals surface area contributed by atoms with Crippen LogP contribution in [0.2, 0.25) is 0 Å². The molecule has 0 aromatic heterocycles. The standard InChI is InChI=1S/C56H114NOP.BrH/c1-4-7-10-13-16-19-22-25-28-31-34-37-40-43-46-49-52-59(55-56(57)58,53-50-47-44-41-38-35-32-29-26-23-20-17-14-11-8-5-2)54-51-48-45-42-39-36-33-30-27-24-21-18-15-12-9-6-3;/h4-55H2,1-3H3,(H-,57,58);1H. The summed E-state index contributed by atoms with van der Waals surface area (Å²) in [7, 11) is -1.29. The molecule has 2 nitrogen and oxygen atoms in total. The van der Waals surface area contributed by atoms with Crippen LogP contribution in [0, 0.1) is 0 Å². The topological polar surface area (TPSA) is 43.1 Å². The van der Waals surface area contributed by atoms with E-state index in [2.05, 4.69) is 20.8 Å². The third-order valence-corrected chi connectivity index (χ3v) is 18.7. The first-order valence-corrected chi connectivity index (χ1v) is 30.8. The molecular weight excluding hydrogens is 813 g/mol. The predicted molar refractivity (Wildman–Crippen MR) is 274 cm³/mol. The van der Waals surface area contributed by atoms with Crippen molar-refractivity contribution in [2.24, 2.45) is 5.73 Å². The molecule has 60 heavy (non-hydrogen) atoms. The lowest BCUT2D eigenvalue weighted by Crippen LogP contribution is -3.00. The molecule has 0 aliphatic heterocycles. The summed E-state index contributed by atoms with van der Waals surface area (Å²) < 4.78 is 0. The maximum atomic E-state index is 12.6. The summed E-state index contributed by atoms with van der Waals surface area (Å²) in [6, 6.07) is 0. The second-order valence-electron chi connectivity index (χ2n) is 20.0. The van der Waals surface area contributed by atoms with E-state index in [0.29, 0.717) is 0 Å². The molecule has 0 heterocycles. The molecule has 0 fully saturated rings. The molecule has 2 N–H and O–H groups in total. The van der Waals surface area contributed by atoms with Crippen molar-refractivity contribution in [3.05, 3.63) is 0 Å². The first-order valence-electron chi connectivity index (χ1n) is 28.2. The van der Waals surface area contributed by atoms with E-state index >= 15 is 0 Å². The molecule has 0 aromatic rings. The highest BCUT2D eigenvalue weighted by molar-refractivity contribution is 7.76. The summed E-state index contributed by atoms with van der Waals surface area (Å²) >= 11 is 0. The lowest BCUT2D eigenvalue weighted by atomic mass is 10.0. The molecule has 0 rings (SSSR count). The summed E-state index contributed by atoms with van der Waals surface area (Å²) in [5, 5.41) is 0. The fourth-order valence-electron chi connectivity index (χ4n) is 9.89. The van der Waals surface area contributed by atoms with Gasteiger partial charge >= 0.3 is 0 Å². The van der Waals surface area contributed by atoms with Crippen molar-refractivity contribution in [3.8, 4) is 0 Å². The van der Waals surface area contributed by atoms with Gasteiger partial charge < -0.3 is 22.7 Å². The normalized spacial score (nSPS) is 11.7. The van der Waals surface area contributed by atoms with Gasteiger partial charge in [0.15, 0.2) is 0 Å². The zero-order valence-corrected chi connectivity index (χ0v) is 44.6. The summed E-state index contributed by atoms with van der Waals surface area (Å²) in [5.74, 6) is 0.00260. The van der Waals surface area contributed by atoms with Crippen LogP contribution in [0.5, 0.6) is 0 Å². The van der Waals surface area contributed by atoms with Gasteiger partial charge in [0, 0.05) is 7.26 Å². The number of rotatable bonds is 53. The van der Waals surface area contributed by atoms with Crippen molar-refractivity contribution < 1.29 is 21.8 Å².